The number of aromatic amines is 1. The second-order valence-corrected chi connectivity index (χ2v) is 12.8. The minimum atomic E-state index is -4.69. The van der Waals surface area contributed by atoms with Crippen LogP contribution in [0, 0.1) is 12.8 Å². The molecule has 3 aromatic carbocycles. The van der Waals surface area contributed by atoms with Crippen molar-refractivity contribution in [1.29, 1.82) is 0 Å². The van der Waals surface area contributed by atoms with Crippen LogP contribution in [-0.2, 0) is 20.6 Å². The van der Waals surface area contributed by atoms with Crippen molar-refractivity contribution in [1.82, 2.24) is 4.98 Å². The van der Waals surface area contributed by atoms with Gasteiger partial charge >= 0.3 is 11.0 Å². The quantitative estimate of drug-likeness (QED) is 0.238. The van der Waals surface area contributed by atoms with Crippen molar-refractivity contribution < 1.29 is 32.3 Å². The van der Waals surface area contributed by atoms with Gasteiger partial charge in [0.1, 0.15) is 11.0 Å². The first-order chi connectivity index (χ1) is 20.9. The Hall–Kier alpha value is -4.07. The van der Waals surface area contributed by atoms with Gasteiger partial charge < -0.3 is 15.0 Å². The number of aryl methyl sites for hydroxylation is 1. The zero-order chi connectivity index (χ0) is 31.3. The zero-order valence-corrected chi connectivity index (χ0v) is 25.0. The van der Waals surface area contributed by atoms with E-state index in [4.69, 9.17) is 16.3 Å². The molecule has 0 radical (unpaired) electrons. The number of thiazole rings is 1. The molecule has 2 N–H and O–H groups in total. The number of aromatic nitrogens is 1. The Bertz CT molecular complexity index is 1870. The maximum atomic E-state index is 14.0. The lowest BCUT2D eigenvalue weighted by atomic mass is 9.82. The number of thioether (sulfide) groups is 1. The topological polar surface area (TPSA) is 109 Å². The van der Waals surface area contributed by atoms with E-state index in [-0.39, 0.29) is 16.5 Å². The molecule has 0 aliphatic carbocycles. The maximum Gasteiger partial charge on any atom is 0.416 e. The fourth-order valence-corrected chi connectivity index (χ4v) is 8.07. The summed E-state index contributed by atoms with van der Waals surface area (Å²) in [6.07, 6.45) is -4.69. The van der Waals surface area contributed by atoms with Gasteiger partial charge in [-0.05, 0) is 61.0 Å². The smallest absolute Gasteiger partial charge is 0.416 e. The summed E-state index contributed by atoms with van der Waals surface area (Å²) < 4.78 is 46.3. The van der Waals surface area contributed by atoms with Gasteiger partial charge in [-0.2, -0.15) is 13.2 Å². The number of nitrogens with one attached hydrogen (secondary N) is 2. The van der Waals surface area contributed by atoms with Crippen LogP contribution in [0.2, 0.25) is 5.02 Å². The van der Waals surface area contributed by atoms with E-state index in [1.54, 1.807) is 18.2 Å². The summed E-state index contributed by atoms with van der Waals surface area (Å²) in [6, 6.07) is 15.8. The van der Waals surface area contributed by atoms with Gasteiger partial charge in [0.2, 0.25) is 11.8 Å². The predicted molar refractivity (Wildman–Crippen MR) is 161 cm³/mol. The predicted octanol–water partition coefficient (Wildman–Crippen LogP) is 6.23. The SMILES string of the molecule is Cc1cccc(NC(=O)COc2ccc(Cl)cc2[C@@H]2c3sc(=O)[nH]c3S[C@H]3C(=O)N(c4cccc(C(F)(F)F)c4)C(=O)[C@@H]23)c1. The molecule has 3 heterocycles. The molecule has 14 heteroatoms. The Morgan fingerprint density at radius 1 is 1.05 bits per heavy atom. The van der Waals surface area contributed by atoms with Crippen LogP contribution in [0.25, 0.3) is 0 Å². The minimum Gasteiger partial charge on any atom is -0.483 e. The van der Waals surface area contributed by atoms with Gasteiger partial charge in [0.25, 0.3) is 5.91 Å². The first-order valence-corrected chi connectivity index (χ1v) is 15.2. The molecule has 1 fully saturated rings. The Labute approximate surface area is 261 Å². The first-order valence-electron chi connectivity index (χ1n) is 13.1. The molecule has 0 saturated carbocycles. The molecule has 0 unspecified atom stereocenters. The van der Waals surface area contributed by atoms with Gasteiger partial charge in [0, 0.05) is 27.1 Å². The summed E-state index contributed by atoms with van der Waals surface area (Å²) in [4.78, 5) is 56.4. The molecule has 0 bridgehead atoms. The van der Waals surface area contributed by atoms with E-state index in [1.807, 2.05) is 13.0 Å². The number of imide groups is 1. The number of rotatable bonds is 6. The van der Waals surface area contributed by atoms with Gasteiger partial charge in [-0.25, -0.2) is 4.90 Å². The third-order valence-corrected chi connectivity index (χ3v) is 9.86. The lowest BCUT2D eigenvalue weighted by molar-refractivity contribution is -0.137. The molecule has 4 aromatic rings. The summed E-state index contributed by atoms with van der Waals surface area (Å²) in [5.74, 6) is -3.75. The molecular weight excluding hydrogens is 639 g/mol. The van der Waals surface area contributed by atoms with Crippen molar-refractivity contribution in [3.05, 3.63) is 103 Å². The summed E-state index contributed by atoms with van der Waals surface area (Å²) in [5, 5.41) is 2.32. The Balaban J connectivity index is 1.37. The van der Waals surface area contributed by atoms with E-state index in [2.05, 4.69) is 10.3 Å². The number of ether oxygens (including phenoxy) is 1. The van der Waals surface area contributed by atoms with Crippen LogP contribution < -0.4 is 19.8 Å². The highest BCUT2D eigenvalue weighted by molar-refractivity contribution is 8.00. The van der Waals surface area contributed by atoms with Gasteiger partial charge in [-0.1, -0.05) is 52.9 Å². The first kappa shape index (κ1) is 30.0. The van der Waals surface area contributed by atoms with Crippen LogP contribution in [0.15, 0.2) is 76.6 Å². The normalized spacial score (nSPS) is 19.5. The number of fused-ring (bicyclic) bond motifs is 2. The molecule has 0 spiro atoms. The molecule has 6 rings (SSSR count). The number of carbonyl (C=O) groups is 3. The van der Waals surface area contributed by atoms with E-state index in [9.17, 15) is 32.3 Å². The average Bonchev–Trinajstić information content (AvgIpc) is 3.46. The van der Waals surface area contributed by atoms with Crippen molar-refractivity contribution in [2.45, 2.75) is 29.3 Å². The van der Waals surface area contributed by atoms with Crippen molar-refractivity contribution in [3.63, 3.8) is 0 Å². The number of carbonyl (C=O) groups excluding carboxylic acids is 3. The van der Waals surface area contributed by atoms with Crippen LogP contribution in [0.5, 0.6) is 5.75 Å². The standard InChI is InChI=1S/C30H21ClF3N3O5S2/c1-14-4-2-6-17(10-14)35-21(38)13-42-20-9-8-16(31)12-19(20)22-23-25(43-26-24(22)44-29(41)36-26)28(40)37(27(23)39)18-7-3-5-15(11-18)30(32,33)34/h2-12,22-23,25H,13H2,1H3,(H,35,38)(H,36,41)/t22-,23-,25+/m0/s1. The molecule has 2 aliphatic rings. The number of alkyl halides is 3. The number of amides is 3. The van der Waals surface area contributed by atoms with E-state index in [0.717, 1.165) is 51.8 Å². The summed E-state index contributed by atoms with van der Waals surface area (Å²) in [5.41, 5.74) is 0.654. The van der Waals surface area contributed by atoms with E-state index in [1.165, 1.54) is 24.3 Å². The molecule has 8 nitrogen and oxygen atoms in total. The highest BCUT2D eigenvalue weighted by atomic mass is 35.5. The summed E-state index contributed by atoms with van der Waals surface area (Å²) >= 11 is 8.20. The molecule has 3 atom stereocenters. The second-order valence-electron chi connectivity index (χ2n) is 10.2. The summed E-state index contributed by atoms with van der Waals surface area (Å²) in [6.45, 7) is 1.48. The molecular formula is C30H21ClF3N3O5S2. The largest absolute Gasteiger partial charge is 0.483 e. The van der Waals surface area contributed by atoms with E-state index >= 15 is 0 Å². The third kappa shape index (κ3) is 5.62. The monoisotopic (exact) mass is 659 g/mol. The van der Waals surface area contributed by atoms with Gasteiger partial charge in [-0.15, -0.1) is 0 Å². The van der Waals surface area contributed by atoms with Crippen LogP contribution in [-0.4, -0.2) is 34.6 Å². The Morgan fingerprint density at radius 3 is 2.57 bits per heavy atom. The van der Waals surface area contributed by atoms with Crippen molar-refractivity contribution in [3.8, 4) is 5.75 Å². The molecule has 1 aromatic heterocycles. The molecule has 1 saturated heterocycles. The number of H-pyrrole nitrogens is 1. The number of hydrogen-bond acceptors (Lipinski definition) is 7. The van der Waals surface area contributed by atoms with Crippen LogP contribution in [0.1, 0.15) is 27.5 Å². The van der Waals surface area contributed by atoms with Crippen LogP contribution in [0.4, 0.5) is 24.5 Å². The molecule has 226 valence electrons. The van der Waals surface area contributed by atoms with Gasteiger partial charge in [-0.3, -0.25) is 19.2 Å². The zero-order valence-electron chi connectivity index (χ0n) is 22.6. The van der Waals surface area contributed by atoms with E-state index in [0.29, 0.717) is 21.2 Å². The highest BCUT2D eigenvalue weighted by Gasteiger charge is 2.57. The highest BCUT2D eigenvalue weighted by Crippen LogP contribution is 2.55. The lowest BCUT2D eigenvalue weighted by Gasteiger charge is -2.31. The number of halogens is 4. The number of benzene rings is 3. The van der Waals surface area contributed by atoms with Crippen LogP contribution in [0.3, 0.4) is 0 Å². The Kier molecular flexibility index (Phi) is 7.80. The average molecular weight is 660 g/mol. The minimum absolute atomic E-state index is 0.189. The molecule has 44 heavy (non-hydrogen) atoms. The second kappa shape index (κ2) is 11.5. The van der Waals surface area contributed by atoms with Crippen LogP contribution >= 0.6 is 34.7 Å². The Morgan fingerprint density at radius 2 is 1.82 bits per heavy atom. The molecule has 2 aliphatic heterocycles. The van der Waals surface area contributed by atoms with E-state index < -0.39 is 58.0 Å². The number of nitrogens with zero attached hydrogens (tertiary/aromatic N) is 1. The maximum absolute atomic E-state index is 14.0. The van der Waals surface area contributed by atoms with Crippen molar-refractivity contribution in [2.75, 3.05) is 16.8 Å². The third-order valence-electron chi connectivity index (χ3n) is 7.22. The van der Waals surface area contributed by atoms with Gasteiger partial charge in [0.15, 0.2) is 6.61 Å². The van der Waals surface area contributed by atoms with Gasteiger partial charge in [0.05, 0.1) is 22.2 Å². The fraction of sp³-hybridized carbons (Fsp3) is 0.200. The molecule has 3 amide bonds. The fourth-order valence-electron chi connectivity index (χ4n) is 5.38. The van der Waals surface area contributed by atoms with Crippen molar-refractivity contribution >= 4 is 63.8 Å². The lowest BCUT2D eigenvalue weighted by Crippen LogP contribution is -2.32. The summed E-state index contributed by atoms with van der Waals surface area (Å²) in [7, 11) is 0. The van der Waals surface area contributed by atoms with Crippen molar-refractivity contribution in [2.24, 2.45) is 5.92 Å². The number of hydrogen-bond donors (Lipinski definition) is 2. The number of anilines is 2.